The maximum absolute atomic E-state index is 11.8. The smallest absolute Gasteiger partial charge is 0.294 e. The number of halogens is 1. The highest BCUT2D eigenvalue weighted by Crippen LogP contribution is 2.12. The molecule has 0 saturated heterocycles. The van der Waals surface area contributed by atoms with Crippen molar-refractivity contribution in [3.05, 3.63) is 50.9 Å². The molecule has 0 bridgehead atoms. The molecular formula is C13H14ClN5O2S. The van der Waals surface area contributed by atoms with Crippen LogP contribution in [0.1, 0.15) is 11.3 Å². The number of carbonyl (C=O) groups excluding carboxylic acids is 1. The molecule has 9 heteroatoms. The normalized spacial score (nSPS) is 10.5. The Kier molecular flexibility index (Phi) is 5.40. The van der Waals surface area contributed by atoms with Crippen molar-refractivity contribution >= 4 is 29.3 Å². The number of aryl methyl sites for hydroxylation is 1. The van der Waals surface area contributed by atoms with Crippen LogP contribution in [0.2, 0.25) is 5.02 Å². The highest BCUT2D eigenvalue weighted by Gasteiger charge is 2.10. The molecule has 0 spiro atoms. The van der Waals surface area contributed by atoms with E-state index in [-0.39, 0.29) is 22.5 Å². The van der Waals surface area contributed by atoms with E-state index in [1.165, 1.54) is 6.92 Å². The predicted molar refractivity (Wildman–Crippen MR) is 85.2 cm³/mol. The number of rotatable bonds is 5. The van der Waals surface area contributed by atoms with Crippen LogP contribution in [0, 0.1) is 6.92 Å². The predicted octanol–water partition coefficient (Wildman–Crippen LogP) is 0.722. The maximum Gasteiger partial charge on any atom is 0.294 e. The maximum atomic E-state index is 11.8. The first-order valence-corrected chi connectivity index (χ1v) is 7.69. The van der Waals surface area contributed by atoms with Crippen molar-refractivity contribution in [3.63, 3.8) is 0 Å². The molecule has 0 radical (unpaired) electrons. The van der Waals surface area contributed by atoms with E-state index in [0.717, 1.165) is 22.0 Å². The highest BCUT2D eigenvalue weighted by atomic mass is 35.5. The summed E-state index contributed by atoms with van der Waals surface area (Å²) in [5, 5.41) is 11.0. The Labute approximate surface area is 135 Å². The van der Waals surface area contributed by atoms with E-state index in [9.17, 15) is 9.59 Å². The molecule has 7 nitrogen and oxygen atoms in total. The van der Waals surface area contributed by atoms with E-state index in [4.69, 9.17) is 17.4 Å². The second kappa shape index (κ2) is 7.28. The van der Waals surface area contributed by atoms with Crippen LogP contribution in [-0.4, -0.2) is 26.5 Å². The monoisotopic (exact) mass is 339 g/mol. The zero-order valence-electron chi connectivity index (χ0n) is 11.7. The average Bonchev–Trinajstić information content (AvgIpc) is 2.50. The summed E-state index contributed by atoms with van der Waals surface area (Å²) < 4.78 is 0.886. The minimum absolute atomic E-state index is 0.0783. The zero-order chi connectivity index (χ0) is 16.1. The van der Waals surface area contributed by atoms with Gasteiger partial charge in [0.2, 0.25) is 11.1 Å². The number of thioether (sulfide) groups is 1. The number of carbonyl (C=O) groups is 1. The van der Waals surface area contributed by atoms with Gasteiger partial charge in [0, 0.05) is 11.6 Å². The molecule has 1 aromatic heterocycles. The van der Waals surface area contributed by atoms with E-state index in [2.05, 4.69) is 15.5 Å². The van der Waals surface area contributed by atoms with Crippen molar-refractivity contribution in [2.24, 2.45) is 0 Å². The highest BCUT2D eigenvalue weighted by molar-refractivity contribution is 7.99. The molecule has 0 aliphatic carbocycles. The number of benzene rings is 1. The molecule has 0 fully saturated rings. The van der Waals surface area contributed by atoms with Gasteiger partial charge >= 0.3 is 0 Å². The van der Waals surface area contributed by atoms with Gasteiger partial charge in [0.1, 0.15) is 5.69 Å². The van der Waals surface area contributed by atoms with Crippen LogP contribution in [0.3, 0.4) is 0 Å². The summed E-state index contributed by atoms with van der Waals surface area (Å²) in [6.07, 6.45) is 0. The standard InChI is InChI=1S/C13H14ClN5O2S/c1-8-12(21)19(15)13(18-17-8)22-7-11(20)16-6-9-3-2-4-10(14)5-9/h2-5H,6-7,15H2,1H3,(H,16,20). The van der Waals surface area contributed by atoms with Crippen molar-refractivity contribution in [2.75, 3.05) is 11.6 Å². The fraction of sp³-hybridized carbons (Fsp3) is 0.231. The van der Waals surface area contributed by atoms with Crippen molar-refractivity contribution < 1.29 is 4.79 Å². The number of aromatic nitrogens is 3. The van der Waals surface area contributed by atoms with Gasteiger partial charge in [-0.15, -0.1) is 10.2 Å². The summed E-state index contributed by atoms with van der Waals surface area (Å²) in [7, 11) is 0. The molecular weight excluding hydrogens is 326 g/mol. The van der Waals surface area contributed by atoms with Crippen molar-refractivity contribution in [1.82, 2.24) is 20.2 Å². The molecule has 0 saturated carbocycles. The summed E-state index contributed by atoms with van der Waals surface area (Å²) in [6, 6.07) is 7.22. The quantitative estimate of drug-likeness (QED) is 0.614. The van der Waals surface area contributed by atoms with Gasteiger partial charge in [-0.05, 0) is 24.6 Å². The molecule has 1 heterocycles. The average molecular weight is 340 g/mol. The van der Waals surface area contributed by atoms with Crippen LogP contribution >= 0.6 is 23.4 Å². The molecule has 0 aliphatic heterocycles. The lowest BCUT2D eigenvalue weighted by atomic mass is 10.2. The lowest BCUT2D eigenvalue weighted by Crippen LogP contribution is -2.33. The van der Waals surface area contributed by atoms with Crippen LogP contribution in [0.15, 0.2) is 34.2 Å². The minimum Gasteiger partial charge on any atom is -0.351 e. The number of hydrogen-bond donors (Lipinski definition) is 2. The Bertz CT molecular complexity index is 749. The molecule has 1 amide bonds. The van der Waals surface area contributed by atoms with Crippen LogP contribution in [-0.2, 0) is 11.3 Å². The van der Waals surface area contributed by atoms with Gasteiger partial charge in [0.05, 0.1) is 5.75 Å². The Balaban J connectivity index is 1.88. The van der Waals surface area contributed by atoms with E-state index in [1.807, 2.05) is 12.1 Å². The van der Waals surface area contributed by atoms with Crippen LogP contribution < -0.4 is 16.7 Å². The molecule has 2 aromatic rings. The summed E-state index contributed by atoms with van der Waals surface area (Å²) in [4.78, 5) is 23.4. The Morgan fingerprint density at radius 1 is 1.45 bits per heavy atom. The van der Waals surface area contributed by atoms with Gasteiger partial charge in [-0.1, -0.05) is 35.5 Å². The van der Waals surface area contributed by atoms with E-state index >= 15 is 0 Å². The van der Waals surface area contributed by atoms with Crippen molar-refractivity contribution in [2.45, 2.75) is 18.6 Å². The summed E-state index contributed by atoms with van der Waals surface area (Å²) in [5.41, 5.74) is 0.672. The summed E-state index contributed by atoms with van der Waals surface area (Å²) in [6.45, 7) is 1.89. The van der Waals surface area contributed by atoms with Crippen molar-refractivity contribution in [3.8, 4) is 0 Å². The van der Waals surface area contributed by atoms with Gasteiger partial charge in [-0.3, -0.25) is 9.59 Å². The summed E-state index contributed by atoms with van der Waals surface area (Å²) >= 11 is 6.91. The summed E-state index contributed by atoms with van der Waals surface area (Å²) in [5.74, 6) is 5.46. The van der Waals surface area contributed by atoms with E-state index in [1.54, 1.807) is 12.1 Å². The Morgan fingerprint density at radius 3 is 2.95 bits per heavy atom. The SMILES string of the molecule is Cc1nnc(SCC(=O)NCc2cccc(Cl)c2)n(N)c1=O. The first-order valence-electron chi connectivity index (χ1n) is 6.32. The Morgan fingerprint density at radius 2 is 2.23 bits per heavy atom. The second-order valence-corrected chi connectivity index (χ2v) is 5.82. The zero-order valence-corrected chi connectivity index (χ0v) is 13.3. The third kappa shape index (κ3) is 4.22. The van der Waals surface area contributed by atoms with Crippen LogP contribution in [0.25, 0.3) is 0 Å². The topological polar surface area (TPSA) is 103 Å². The first kappa shape index (κ1) is 16.3. The lowest BCUT2D eigenvalue weighted by molar-refractivity contribution is -0.118. The fourth-order valence-electron chi connectivity index (χ4n) is 1.60. The number of hydrogen-bond acceptors (Lipinski definition) is 6. The molecule has 0 aliphatic rings. The third-order valence-corrected chi connectivity index (χ3v) is 3.91. The van der Waals surface area contributed by atoms with Gasteiger partial charge < -0.3 is 11.2 Å². The minimum atomic E-state index is -0.433. The number of nitrogens with one attached hydrogen (secondary N) is 1. The van der Waals surface area contributed by atoms with Gasteiger partial charge in [-0.2, -0.15) is 4.68 Å². The number of nitrogen functional groups attached to an aromatic ring is 1. The number of amides is 1. The van der Waals surface area contributed by atoms with E-state index < -0.39 is 5.56 Å². The molecule has 1 aromatic carbocycles. The number of nitrogens with zero attached hydrogens (tertiary/aromatic N) is 3. The number of nitrogens with two attached hydrogens (primary N) is 1. The molecule has 116 valence electrons. The van der Waals surface area contributed by atoms with Gasteiger partial charge in [0.25, 0.3) is 5.56 Å². The fourth-order valence-corrected chi connectivity index (χ4v) is 2.49. The first-order chi connectivity index (χ1) is 10.5. The third-order valence-electron chi connectivity index (χ3n) is 2.73. The molecule has 2 rings (SSSR count). The molecule has 22 heavy (non-hydrogen) atoms. The molecule has 0 atom stereocenters. The van der Waals surface area contributed by atoms with Crippen LogP contribution in [0.5, 0.6) is 0 Å². The van der Waals surface area contributed by atoms with Crippen LogP contribution in [0.4, 0.5) is 0 Å². The van der Waals surface area contributed by atoms with Crippen molar-refractivity contribution in [1.29, 1.82) is 0 Å². The van der Waals surface area contributed by atoms with E-state index in [0.29, 0.717) is 11.6 Å². The lowest BCUT2D eigenvalue weighted by Gasteiger charge is -2.07. The largest absolute Gasteiger partial charge is 0.351 e. The molecule has 0 unspecified atom stereocenters. The van der Waals surface area contributed by atoms with Gasteiger partial charge in [0.15, 0.2) is 0 Å². The van der Waals surface area contributed by atoms with Gasteiger partial charge in [-0.25, -0.2) is 0 Å². The Hall–Kier alpha value is -2.06. The molecule has 3 N–H and O–H groups in total. The second-order valence-electron chi connectivity index (χ2n) is 4.44.